The van der Waals surface area contributed by atoms with Crippen molar-refractivity contribution in [2.75, 3.05) is 7.11 Å². The predicted octanol–water partition coefficient (Wildman–Crippen LogP) is 2.50. The van der Waals surface area contributed by atoms with Crippen molar-refractivity contribution < 1.29 is 9.13 Å². The van der Waals surface area contributed by atoms with Crippen molar-refractivity contribution in [1.82, 2.24) is 0 Å². The maximum atomic E-state index is 13.5. The SMILES string of the molecule is COC(C(C)C)C(N)c1ccccc1F. The molecule has 0 saturated heterocycles. The van der Waals surface area contributed by atoms with Gasteiger partial charge in [0.1, 0.15) is 5.82 Å². The maximum Gasteiger partial charge on any atom is 0.128 e. The molecule has 0 aliphatic rings. The molecule has 3 heteroatoms. The van der Waals surface area contributed by atoms with Crippen molar-refractivity contribution in [2.45, 2.75) is 26.0 Å². The Bertz CT molecular complexity index is 314. The number of benzene rings is 1. The molecule has 0 aliphatic carbocycles. The van der Waals surface area contributed by atoms with Crippen molar-refractivity contribution in [1.29, 1.82) is 0 Å². The number of hydrogen-bond acceptors (Lipinski definition) is 2. The molecular formula is C12H18FNO. The Labute approximate surface area is 90.2 Å². The first-order valence-corrected chi connectivity index (χ1v) is 5.10. The molecule has 0 amide bonds. The van der Waals surface area contributed by atoms with E-state index in [2.05, 4.69) is 0 Å². The van der Waals surface area contributed by atoms with Crippen molar-refractivity contribution in [2.24, 2.45) is 11.7 Å². The third kappa shape index (κ3) is 2.76. The minimum atomic E-state index is -0.420. The molecule has 2 atom stereocenters. The van der Waals surface area contributed by atoms with E-state index in [-0.39, 0.29) is 17.8 Å². The van der Waals surface area contributed by atoms with Crippen LogP contribution in [0.3, 0.4) is 0 Å². The van der Waals surface area contributed by atoms with Gasteiger partial charge in [0.05, 0.1) is 12.1 Å². The van der Waals surface area contributed by atoms with E-state index in [1.54, 1.807) is 25.3 Å². The van der Waals surface area contributed by atoms with Crippen LogP contribution in [-0.2, 0) is 4.74 Å². The van der Waals surface area contributed by atoms with Gasteiger partial charge in [-0.1, -0.05) is 32.0 Å². The lowest BCUT2D eigenvalue weighted by atomic mass is 9.94. The highest BCUT2D eigenvalue weighted by Crippen LogP contribution is 2.23. The highest BCUT2D eigenvalue weighted by atomic mass is 19.1. The minimum Gasteiger partial charge on any atom is -0.379 e. The fraction of sp³-hybridized carbons (Fsp3) is 0.500. The number of methoxy groups -OCH3 is 1. The van der Waals surface area contributed by atoms with E-state index in [9.17, 15) is 4.39 Å². The van der Waals surface area contributed by atoms with Gasteiger partial charge in [-0.2, -0.15) is 0 Å². The Morgan fingerprint density at radius 3 is 2.33 bits per heavy atom. The average Bonchev–Trinajstić information content (AvgIpc) is 2.18. The number of nitrogens with two attached hydrogens (primary N) is 1. The van der Waals surface area contributed by atoms with Gasteiger partial charge in [-0.05, 0) is 12.0 Å². The van der Waals surface area contributed by atoms with E-state index in [1.807, 2.05) is 13.8 Å². The fourth-order valence-corrected chi connectivity index (χ4v) is 1.76. The van der Waals surface area contributed by atoms with E-state index in [0.29, 0.717) is 5.56 Å². The molecule has 2 unspecified atom stereocenters. The molecule has 15 heavy (non-hydrogen) atoms. The van der Waals surface area contributed by atoms with E-state index in [1.165, 1.54) is 6.07 Å². The zero-order valence-electron chi connectivity index (χ0n) is 9.41. The molecule has 1 aromatic carbocycles. The van der Waals surface area contributed by atoms with Gasteiger partial charge in [0, 0.05) is 12.7 Å². The Balaban J connectivity index is 2.92. The summed E-state index contributed by atoms with van der Waals surface area (Å²) < 4.78 is 18.8. The van der Waals surface area contributed by atoms with Gasteiger partial charge in [0.15, 0.2) is 0 Å². The summed E-state index contributed by atoms with van der Waals surface area (Å²) in [5.74, 6) is -0.0164. The lowest BCUT2D eigenvalue weighted by Gasteiger charge is -2.26. The second-order valence-electron chi connectivity index (χ2n) is 3.99. The van der Waals surface area contributed by atoms with E-state index in [4.69, 9.17) is 10.5 Å². The van der Waals surface area contributed by atoms with Crippen molar-refractivity contribution >= 4 is 0 Å². The van der Waals surface area contributed by atoms with Crippen LogP contribution < -0.4 is 5.73 Å². The number of hydrogen-bond donors (Lipinski definition) is 1. The highest BCUT2D eigenvalue weighted by molar-refractivity contribution is 5.22. The first-order chi connectivity index (χ1) is 7.07. The molecule has 0 spiro atoms. The molecule has 84 valence electrons. The van der Waals surface area contributed by atoms with E-state index >= 15 is 0 Å². The maximum absolute atomic E-state index is 13.5. The monoisotopic (exact) mass is 211 g/mol. The molecule has 0 aliphatic heterocycles. The van der Waals surface area contributed by atoms with Crippen LogP contribution in [0.15, 0.2) is 24.3 Å². The third-order valence-electron chi connectivity index (χ3n) is 2.55. The lowest BCUT2D eigenvalue weighted by Crippen LogP contribution is -2.33. The smallest absolute Gasteiger partial charge is 0.128 e. The molecule has 0 fully saturated rings. The van der Waals surface area contributed by atoms with Crippen LogP contribution in [0.1, 0.15) is 25.5 Å². The molecule has 0 radical (unpaired) electrons. The summed E-state index contributed by atoms with van der Waals surface area (Å²) in [5.41, 5.74) is 6.50. The summed E-state index contributed by atoms with van der Waals surface area (Å²) in [6.07, 6.45) is -0.165. The van der Waals surface area contributed by atoms with E-state index in [0.717, 1.165) is 0 Å². The van der Waals surface area contributed by atoms with Crippen LogP contribution in [0.4, 0.5) is 4.39 Å². The molecule has 2 nitrogen and oxygen atoms in total. The summed E-state index contributed by atoms with van der Waals surface area (Å²) in [5, 5.41) is 0. The normalized spacial score (nSPS) is 15.3. The zero-order chi connectivity index (χ0) is 11.4. The van der Waals surface area contributed by atoms with Gasteiger partial charge >= 0.3 is 0 Å². The van der Waals surface area contributed by atoms with Crippen LogP contribution in [0.2, 0.25) is 0 Å². The fourth-order valence-electron chi connectivity index (χ4n) is 1.76. The summed E-state index contributed by atoms with van der Waals surface area (Å²) in [6, 6.07) is 6.14. The Morgan fingerprint density at radius 2 is 1.87 bits per heavy atom. The largest absolute Gasteiger partial charge is 0.379 e. The van der Waals surface area contributed by atoms with Crippen molar-refractivity contribution in [3.8, 4) is 0 Å². The van der Waals surface area contributed by atoms with Crippen LogP contribution in [0.25, 0.3) is 0 Å². The summed E-state index contributed by atoms with van der Waals surface area (Å²) >= 11 is 0. The lowest BCUT2D eigenvalue weighted by molar-refractivity contribution is 0.0428. The van der Waals surface area contributed by atoms with Crippen LogP contribution in [-0.4, -0.2) is 13.2 Å². The first kappa shape index (κ1) is 12.1. The predicted molar refractivity (Wildman–Crippen MR) is 59.0 cm³/mol. The summed E-state index contributed by atoms with van der Waals surface area (Å²) in [4.78, 5) is 0. The van der Waals surface area contributed by atoms with Gasteiger partial charge in [-0.15, -0.1) is 0 Å². The van der Waals surface area contributed by atoms with Crippen molar-refractivity contribution in [3.05, 3.63) is 35.6 Å². The minimum absolute atomic E-state index is 0.165. The van der Waals surface area contributed by atoms with Gasteiger partial charge in [-0.3, -0.25) is 0 Å². The highest BCUT2D eigenvalue weighted by Gasteiger charge is 2.24. The molecule has 1 rings (SSSR count). The van der Waals surface area contributed by atoms with Gasteiger partial charge in [-0.25, -0.2) is 4.39 Å². The van der Waals surface area contributed by atoms with Crippen LogP contribution in [0, 0.1) is 11.7 Å². The molecular weight excluding hydrogens is 193 g/mol. The summed E-state index contributed by atoms with van der Waals surface area (Å²) in [7, 11) is 1.60. The van der Waals surface area contributed by atoms with Gasteiger partial charge < -0.3 is 10.5 Å². The van der Waals surface area contributed by atoms with Gasteiger partial charge in [0.25, 0.3) is 0 Å². The van der Waals surface area contributed by atoms with E-state index < -0.39 is 6.04 Å². The van der Waals surface area contributed by atoms with Gasteiger partial charge in [0.2, 0.25) is 0 Å². The second-order valence-corrected chi connectivity index (χ2v) is 3.99. The standard InChI is InChI=1S/C12H18FNO/c1-8(2)12(15-3)11(14)9-6-4-5-7-10(9)13/h4-8,11-12H,14H2,1-3H3. The first-order valence-electron chi connectivity index (χ1n) is 5.10. The number of halogens is 1. The van der Waals surface area contributed by atoms with Crippen LogP contribution in [0.5, 0.6) is 0 Å². The van der Waals surface area contributed by atoms with Crippen molar-refractivity contribution in [3.63, 3.8) is 0 Å². The average molecular weight is 211 g/mol. The molecule has 0 heterocycles. The number of rotatable bonds is 4. The summed E-state index contributed by atoms with van der Waals surface area (Å²) in [6.45, 7) is 4.02. The molecule has 0 bridgehead atoms. The Kier molecular flexibility index (Phi) is 4.24. The molecule has 2 N–H and O–H groups in total. The molecule has 0 saturated carbocycles. The molecule has 1 aromatic rings. The second kappa shape index (κ2) is 5.24. The topological polar surface area (TPSA) is 35.2 Å². The zero-order valence-corrected chi connectivity index (χ0v) is 9.41. The Morgan fingerprint density at radius 1 is 1.27 bits per heavy atom. The quantitative estimate of drug-likeness (QED) is 0.830. The third-order valence-corrected chi connectivity index (χ3v) is 2.55. The van der Waals surface area contributed by atoms with Crippen LogP contribution >= 0.6 is 0 Å². The Hall–Kier alpha value is -0.930. The number of ether oxygens (including phenoxy) is 1. The molecule has 0 aromatic heterocycles.